The van der Waals surface area contributed by atoms with Crippen molar-refractivity contribution in [1.29, 1.82) is 0 Å². The maximum Gasteiger partial charge on any atom is 0.300 e. The van der Waals surface area contributed by atoms with Crippen LogP contribution in [0.15, 0.2) is 0 Å². The first kappa shape index (κ1) is 24.0. The van der Waals surface area contributed by atoms with Crippen molar-refractivity contribution in [2.45, 2.75) is 84.4 Å². The summed E-state index contributed by atoms with van der Waals surface area (Å²) in [7, 11) is 0. The summed E-state index contributed by atoms with van der Waals surface area (Å²) in [6.07, 6.45) is 2.10. The van der Waals surface area contributed by atoms with Gasteiger partial charge in [0.15, 0.2) is 0 Å². The van der Waals surface area contributed by atoms with Gasteiger partial charge in [-0.1, -0.05) is 0 Å². The lowest BCUT2D eigenvalue weighted by Gasteiger charge is -2.32. The second kappa shape index (κ2) is 10.2. The highest BCUT2D eigenvalue weighted by Gasteiger charge is 2.32. The third-order valence-electron chi connectivity index (χ3n) is 3.61. The Morgan fingerprint density at radius 2 is 1.62 bits per heavy atom. The summed E-state index contributed by atoms with van der Waals surface area (Å²) in [4.78, 5) is 22.6. The lowest BCUT2D eigenvalue weighted by atomic mass is 9.83. The molecule has 9 heteroatoms. The number of aromatic nitrogens is 3. The molecule has 1 aromatic heterocycles. The van der Waals surface area contributed by atoms with Crippen LogP contribution in [0.3, 0.4) is 0 Å². The van der Waals surface area contributed by atoms with Gasteiger partial charge in [0.1, 0.15) is 11.6 Å². The standard InChI is InChI=1S/C13H24N4O.2C2H4O2/c1-8-15-12(17(16-8)13(2,3)4)9-5-6-10(14)11(18)7-9;2*1-2(3)4/h9-11,18H,5-7,14H2,1-4H3;2*1H3,(H,3,4)/t9-,10+,11+;;/m0../s1. The third-order valence-corrected chi connectivity index (χ3v) is 3.61. The van der Waals surface area contributed by atoms with E-state index in [4.69, 9.17) is 25.5 Å². The highest BCUT2D eigenvalue weighted by atomic mass is 16.4. The van der Waals surface area contributed by atoms with Crippen molar-refractivity contribution in [3.8, 4) is 0 Å². The van der Waals surface area contributed by atoms with Gasteiger partial charge in [-0.15, -0.1) is 0 Å². The minimum atomic E-state index is -0.833. The van der Waals surface area contributed by atoms with Gasteiger partial charge in [0, 0.05) is 25.8 Å². The van der Waals surface area contributed by atoms with E-state index in [1.165, 1.54) is 0 Å². The Balaban J connectivity index is 0.000000662. The zero-order valence-electron chi connectivity index (χ0n) is 16.4. The van der Waals surface area contributed by atoms with Crippen molar-refractivity contribution in [2.75, 3.05) is 0 Å². The first-order chi connectivity index (χ1) is 11.8. The van der Waals surface area contributed by atoms with Crippen LogP contribution in [-0.2, 0) is 15.1 Å². The second-order valence-electron chi connectivity index (χ2n) is 7.38. The van der Waals surface area contributed by atoms with Crippen molar-refractivity contribution >= 4 is 11.9 Å². The van der Waals surface area contributed by atoms with Crippen LogP contribution >= 0.6 is 0 Å². The molecule has 0 saturated heterocycles. The Morgan fingerprint density at radius 3 is 2.00 bits per heavy atom. The number of rotatable bonds is 1. The van der Waals surface area contributed by atoms with E-state index in [2.05, 4.69) is 30.9 Å². The number of aliphatic hydroxyl groups excluding tert-OH is 1. The number of carbonyl (C=O) groups is 2. The molecule has 5 N–H and O–H groups in total. The van der Waals surface area contributed by atoms with E-state index >= 15 is 0 Å². The lowest BCUT2D eigenvalue weighted by Crippen LogP contribution is -2.40. The summed E-state index contributed by atoms with van der Waals surface area (Å²) in [6, 6.07) is -0.0895. The van der Waals surface area contributed by atoms with E-state index in [1.54, 1.807) is 0 Å². The summed E-state index contributed by atoms with van der Waals surface area (Å²) in [6.45, 7) is 10.4. The average Bonchev–Trinajstić information content (AvgIpc) is 2.83. The van der Waals surface area contributed by atoms with Gasteiger partial charge in [-0.3, -0.25) is 9.59 Å². The summed E-state index contributed by atoms with van der Waals surface area (Å²) >= 11 is 0. The van der Waals surface area contributed by atoms with E-state index < -0.39 is 18.0 Å². The van der Waals surface area contributed by atoms with Gasteiger partial charge < -0.3 is 21.1 Å². The van der Waals surface area contributed by atoms with Crippen molar-refractivity contribution in [3.05, 3.63) is 11.6 Å². The summed E-state index contributed by atoms with van der Waals surface area (Å²) < 4.78 is 2.00. The molecule has 0 aliphatic heterocycles. The third kappa shape index (κ3) is 8.91. The SMILES string of the molecule is CC(=O)O.CC(=O)O.Cc1nc([C@H]2CC[C@@H](N)[C@H](O)C2)n(C(C)(C)C)n1. The number of nitrogens with two attached hydrogens (primary N) is 1. The number of carboxylic acid groups (broad SMARTS) is 2. The van der Waals surface area contributed by atoms with E-state index in [-0.39, 0.29) is 17.5 Å². The van der Waals surface area contributed by atoms with Gasteiger partial charge in [-0.25, -0.2) is 9.67 Å². The molecule has 1 fully saturated rings. The Morgan fingerprint density at radius 1 is 1.15 bits per heavy atom. The maximum atomic E-state index is 9.93. The Labute approximate surface area is 154 Å². The van der Waals surface area contributed by atoms with Crippen molar-refractivity contribution in [2.24, 2.45) is 5.73 Å². The molecule has 0 spiro atoms. The molecule has 1 aliphatic carbocycles. The molecule has 0 amide bonds. The van der Waals surface area contributed by atoms with Gasteiger partial charge in [-0.2, -0.15) is 5.10 Å². The zero-order valence-corrected chi connectivity index (χ0v) is 16.4. The molecule has 9 nitrogen and oxygen atoms in total. The minimum Gasteiger partial charge on any atom is -0.481 e. The summed E-state index contributed by atoms with van der Waals surface area (Å²) in [5.41, 5.74) is 5.77. The fourth-order valence-corrected chi connectivity index (χ4v) is 2.59. The zero-order chi connectivity index (χ0) is 20.7. The topological polar surface area (TPSA) is 152 Å². The minimum absolute atomic E-state index is 0.0822. The largest absolute Gasteiger partial charge is 0.481 e. The van der Waals surface area contributed by atoms with Crippen LogP contribution in [0, 0.1) is 6.92 Å². The second-order valence-corrected chi connectivity index (χ2v) is 7.38. The molecule has 1 heterocycles. The van der Waals surface area contributed by atoms with Crippen LogP contribution in [0.2, 0.25) is 0 Å². The number of nitrogens with zero attached hydrogens (tertiary/aromatic N) is 3. The molecule has 3 atom stereocenters. The summed E-state index contributed by atoms with van der Waals surface area (Å²) in [5, 5.41) is 29.3. The lowest BCUT2D eigenvalue weighted by molar-refractivity contribution is -0.135. The Kier molecular flexibility index (Phi) is 9.44. The quantitative estimate of drug-likeness (QED) is 0.578. The molecule has 150 valence electrons. The number of aliphatic carboxylic acids is 2. The molecule has 1 aliphatic rings. The highest BCUT2D eigenvalue weighted by molar-refractivity contribution is 5.63. The highest BCUT2D eigenvalue weighted by Crippen LogP contribution is 2.33. The maximum absolute atomic E-state index is 9.93. The van der Waals surface area contributed by atoms with E-state index in [1.807, 2.05) is 11.6 Å². The number of carboxylic acids is 2. The van der Waals surface area contributed by atoms with Gasteiger partial charge in [0.05, 0.1) is 11.6 Å². The fraction of sp³-hybridized carbons (Fsp3) is 0.765. The first-order valence-electron chi connectivity index (χ1n) is 8.52. The predicted octanol–water partition coefficient (Wildman–Crippen LogP) is 1.48. The Bertz CT molecular complexity index is 574. The molecule has 0 bridgehead atoms. The van der Waals surface area contributed by atoms with Crippen LogP contribution in [0.4, 0.5) is 0 Å². The van der Waals surface area contributed by atoms with Crippen LogP contribution in [-0.4, -0.2) is 54.2 Å². The summed E-state index contributed by atoms with van der Waals surface area (Å²) in [5.74, 6) is 0.385. The normalized spacial score (nSPS) is 22.4. The predicted molar refractivity (Wildman–Crippen MR) is 96.9 cm³/mol. The number of hydrogen-bond donors (Lipinski definition) is 4. The van der Waals surface area contributed by atoms with E-state index in [0.29, 0.717) is 6.42 Å². The molecule has 2 rings (SSSR count). The van der Waals surface area contributed by atoms with E-state index in [9.17, 15) is 5.11 Å². The van der Waals surface area contributed by atoms with Crippen LogP contribution in [0.25, 0.3) is 0 Å². The molecular formula is C17H32N4O5. The molecule has 0 radical (unpaired) electrons. The molecule has 1 saturated carbocycles. The molecule has 1 aromatic rings. The number of aliphatic hydroxyl groups is 1. The first-order valence-corrected chi connectivity index (χ1v) is 8.52. The Hall–Kier alpha value is -2.00. The molecule has 0 unspecified atom stereocenters. The van der Waals surface area contributed by atoms with E-state index in [0.717, 1.165) is 38.3 Å². The number of aryl methyl sites for hydroxylation is 1. The van der Waals surface area contributed by atoms with Gasteiger partial charge in [-0.05, 0) is 47.0 Å². The van der Waals surface area contributed by atoms with Crippen LogP contribution in [0.5, 0.6) is 0 Å². The monoisotopic (exact) mass is 372 g/mol. The van der Waals surface area contributed by atoms with Crippen molar-refractivity contribution < 1.29 is 24.9 Å². The van der Waals surface area contributed by atoms with Crippen LogP contribution < -0.4 is 5.73 Å². The van der Waals surface area contributed by atoms with Gasteiger partial charge in [0.25, 0.3) is 11.9 Å². The smallest absolute Gasteiger partial charge is 0.300 e. The number of hydrogen-bond acceptors (Lipinski definition) is 6. The molecule has 26 heavy (non-hydrogen) atoms. The molecule has 0 aromatic carbocycles. The molecular weight excluding hydrogens is 340 g/mol. The van der Waals surface area contributed by atoms with Crippen molar-refractivity contribution in [1.82, 2.24) is 14.8 Å². The van der Waals surface area contributed by atoms with Crippen molar-refractivity contribution in [3.63, 3.8) is 0 Å². The van der Waals surface area contributed by atoms with Gasteiger partial charge >= 0.3 is 0 Å². The fourth-order valence-electron chi connectivity index (χ4n) is 2.59. The average molecular weight is 372 g/mol. The van der Waals surface area contributed by atoms with Crippen LogP contribution in [0.1, 0.15) is 71.4 Å². The van der Waals surface area contributed by atoms with Gasteiger partial charge in [0.2, 0.25) is 0 Å².